The van der Waals surface area contributed by atoms with Crippen LogP contribution in [0.25, 0.3) is 0 Å². The molecule has 0 bridgehead atoms. The van der Waals surface area contributed by atoms with Gasteiger partial charge >= 0.3 is 0 Å². The molecule has 0 aromatic rings. The largest absolute Gasteiger partial charge is 0.388 e. The highest BCUT2D eigenvalue weighted by atomic mass is 16.3. The number of rotatable bonds is 0. The Hall–Kier alpha value is -0.520. The zero-order chi connectivity index (χ0) is 6.69. The van der Waals surface area contributed by atoms with Gasteiger partial charge in [0.1, 0.15) is 0 Å². The first-order valence-corrected chi connectivity index (χ1v) is 3.41. The zero-order valence-corrected chi connectivity index (χ0v) is 5.56. The average molecular weight is 124 g/mol. The van der Waals surface area contributed by atoms with Gasteiger partial charge in [0.15, 0.2) is 0 Å². The van der Waals surface area contributed by atoms with Crippen LogP contribution >= 0.6 is 0 Å². The summed E-state index contributed by atoms with van der Waals surface area (Å²) in [7, 11) is 0. The van der Waals surface area contributed by atoms with Crippen LogP contribution in [-0.4, -0.2) is 11.2 Å². The number of hydrogen-bond donors (Lipinski definition) is 1. The SMILES string of the molecule is C=C=C1CCCC[C@@H]1O. The van der Waals surface area contributed by atoms with Gasteiger partial charge in [0.25, 0.3) is 0 Å². The van der Waals surface area contributed by atoms with E-state index >= 15 is 0 Å². The van der Waals surface area contributed by atoms with Crippen molar-refractivity contribution >= 4 is 0 Å². The lowest BCUT2D eigenvalue weighted by Gasteiger charge is -2.17. The molecule has 1 fully saturated rings. The maximum atomic E-state index is 9.23. The summed E-state index contributed by atoms with van der Waals surface area (Å²) < 4.78 is 0. The minimum Gasteiger partial charge on any atom is -0.388 e. The van der Waals surface area contributed by atoms with Gasteiger partial charge in [-0.05, 0) is 24.8 Å². The third-order valence-corrected chi connectivity index (χ3v) is 1.80. The Kier molecular flexibility index (Phi) is 2.10. The molecule has 1 heteroatoms. The first-order valence-electron chi connectivity index (χ1n) is 3.41. The molecule has 1 nitrogen and oxygen atoms in total. The van der Waals surface area contributed by atoms with Gasteiger partial charge in [-0.15, -0.1) is 5.73 Å². The van der Waals surface area contributed by atoms with Crippen LogP contribution in [0, 0.1) is 0 Å². The minimum absolute atomic E-state index is 0.240. The molecular formula is C8H12O. The van der Waals surface area contributed by atoms with E-state index in [1.807, 2.05) is 0 Å². The molecule has 0 heterocycles. The van der Waals surface area contributed by atoms with E-state index < -0.39 is 0 Å². The van der Waals surface area contributed by atoms with Gasteiger partial charge in [-0.25, -0.2) is 0 Å². The van der Waals surface area contributed by atoms with Gasteiger partial charge in [-0.3, -0.25) is 0 Å². The Morgan fingerprint density at radius 2 is 2.33 bits per heavy atom. The molecule has 1 atom stereocenters. The van der Waals surface area contributed by atoms with E-state index in [1.165, 1.54) is 6.42 Å². The fraction of sp³-hybridized carbons (Fsp3) is 0.625. The molecule has 1 saturated carbocycles. The van der Waals surface area contributed by atoms with Crippen LogP contribution in [0.1, 0.15) is 25.7 Å². The molecule has 9 heavy (non-hydrogen) atoms. The fourth-order valence-electron chi connectivity index (χ4n) is 1.20. The lowest BCUT2D eigenvalue weighted by atomic mass is 9.93. The predicted molar refractivity (Wildman–Crippen MR) is 37.1 cm³/mol. The van der Waals surface area contributed by atoms with E-state index in [-0.39, 0.29) is 6.10 Å². The third kappa shape index (κ3) is 1.44. The summed E-state index contributed by atoms with van der Waals surface area (Å²) in [6.07, 6.45) is 3.99. The predicted octanol–water partition coefficient (Wildman–Crippen LogP) is 1.63. The second-order valence-electron chi connectivity index (χ2n) is 2.46. The van der Waals surface area contributed by atoms with Crippen molar-refractivity contribution in [3.8, 4) is 0 Å². The van der Waals surface area contributed by atoms with E-state index in [9.17, 15) is 5.11 Å². The molecule has 0 amide bonds. The highest BCUT2D eigenvalue weighted by Gasteiger charge is 2.14. The third-order valence-electron chi connectivity index (χ3n) is 1.80. The van der Waals surface area contributed by atoms with Crippen molar-refractivity contribution in [3.63, 3.8) is 0 Å². The molecule has 1 aliphatic carbocycles. The van der Waals surface area contributed by atoms with Crippen LogP contribution in [0.3, 0.4) is 0 Å². The van der Waals surface area contributed by atoms with Crippen molar-refractivity contribution in [1.82, 2.24) is 0 Å². The molecule has 1 N–H and O–H groups in total. The number of hydrogen-bond acceptors (Lipinski definition) is 1. The monoisotopic (exact) mass is 124 g/mol. The molecule has 0 saturated heterocycles. The Balaban J connectivity index is 2.59. The van der Waals surface area contributed by atoms with Gasteiger partial charge in [-0.1, -0.05) is 13.0 Å². The van der Waals surface area contributed by atoms with Crippen molar-refractivity contribution in [3.05, 3.63) is 17.9 Å². The maximum absolute atomic E-state index is 9.23. The van der Waals surface area contributed by atoms with Crippen molar-refractivity contribution in [2.24, 2.45) is 0 Å². The Morgan fingerprint density at radius 1 is 1.56 bits per heavy atom. The Labute approximate surface area is 55.7 Å². The van der Waals surface area contributed by atoms with Crippen LogP contribution in [0.2, 0.25) is 0 Å². The Bertz CT molecular complexity index is 143. The maximum Gasteiger partial charge on any atom is 0.0823 e. The fourth-order valence-corrected chi connectivity index (χ4v) is 1.20. The smallest absolute Gasteiger partial charge is 0.0823 e. The van der Waals surface area contributed by atoms with Crippen LogP contribution in [0.15, 0.2) is 17.9 Å². The lowest BCUT2D eigenvalue weighted by Crippen LogP contribution is -2.13. The summed E-state index contributed by atoms with van der Waals surface area (Å²) in [4.78, 5) is 0. The molecule has 1 aliphatic rings. The van der Waals surface area contributed by atoms with Crippen LogP contribution in [-0.2, 0) is 0 Å². The van der Waals surface area contributed by atoms with Crippen molar-refractivity contribution < 1.29 is 5.11 Å². The van der Waals surface area contributed by atoms with Gasteiger partial charge in [0.05, 0.1) is 6.10 Å². The van der Waals surface area contributed by atoms with Crippen molar-refractivity contribution in [2.45, 2.75) is 31.8 Å². The summed E-state index contributed by atoms with van der Waals surface area (Å²) in [6.45, 7) is 3.51. The van der Waals surface area contributed by atoms with Crippen LogP contribution in [0.4, 0.5) is 0 Å². The lowest BCUT2D eigenvalue weighted by molar-refractivity contribution is 0.179. The molecule has 0 aromatic heterocycles. The molecule has 0 radical (unpaired) electrons. The second kappa shape index (κ2) is 2.86. The zero-order valence-electron chi connectivity index (χ0n) is 5.56. The van der Waals surface area contributed by atoms with E-state index in [0.717, 1.165) is 24.8 Å². The Morgan fingerprint density at radius 3 is 2.78 bits per heavy atom. The first kappa shape index (κ1) is 6.60. The van der Waals surface area contributed by atoms with E-state index in [0.29, 0.717) is 0 Å². The van der Waals surface area contributed by atoms with E-state index in [1.54, 1.807) is 0 Å². The van der Waals surface area contributed by atoms with Crippen molar-refractivity contribution in [1.29, 1.82) is 0 Å². The number of aliphatic hydroxyl groups excluding tert-OH is 1. The molecular weight excluding hydrogens is 112 g/mol. The molecule has 1 rings (SSSR count). The summed E-state index contributed by atoms with van der Waals surface area (Å²) in [5.41, 5.74) is 3.77. The summed E-state index contributed by atoms with van der Waals surface area (Å²) in [5, 5.41) is 9.23. The highest BCUT2D eigenvalue weighted by molar-refractivity contribution is 5.07. The quantitative estimate of drug-likeness (QED) is 0.487. The van der Waals surface area contributed by atoms with Gasteiger partial charge < -0.3 is 5.11 Å². The second-order valence-corrected chi connectivity index (χ2v) is 2.46. The number of aliphatic hydroxyl groups is 1. The highest BCUT2D eigenvalue weighted by Crippen LogP contribution is 2.21. The van der Waals surface area contributed by atoms with Gasteiger partial charge in [0.2, 0.25) is 0 Å². The van der Waals surface area contributed by atoms with E-state index in [2.05, 4.69) is 12.3 Å². The van der Waals surface area contributed by atoms with Crippen LogP contribution in [0.5, 0.6) is 0 Å². The average Bonchev–Trinajstić information content (AvgIpc) is 1.89. The van der Waals surface area contributed by atoms with Gasteiger partial charge in [-0.2, -0.15) is 0 Å². The van der Waals surface area contributed by atoms with Crippen molar-refractivity contribution in [2.75, 3.05) is 0 Å². The van der Waals surface area contributed by atoms with E-state index in [4.69, 9.17) is 0 Å². The van der Waals surface area contributed by atoms with Crippen LogP contribution < -0.4 is 0 Å². The minimum atomic E-state index is -0.240. The summed E-state index contributed by atoms with van der Waals surface area (Å²) >= 11 is 0. The molecule has 0 aromatic carbocycles. The van der Waals surface area contributed by atoms with Gasteiger partial charge in [0, 0.05) is 0 Å². The topological polar surface area (TPSA) is 20.2 Å². The standard InChI is InChI=1S/C8H12O/c1-2-7-5-3-4-6-8(7)9/h8-9H,1,3-6H2/t8-/m0/s1. The first-order chi connectivity index (χ1) is 4.34. The summed E-state index contributed by atoms with van der Waals surface area (Å²) in [5.74, 6) is 0. The normalized spacial score (nSPS) is 27.7. The molecule has 50 valence electrons. The molecule has 0 spiro atoms. The molecule has 0 unspecified atom stereocenters. The molecule has 0 aliphatic heterocycles. The summed E-state index contributed by atoms with van der Waals surface area (Å²) in [6, 6.07) is 0.